The van der Waals surface area contributed by atoms with Crippen LogP contribution in [0.4, 0.5) is 13.2 Å². The number of benzene rings is 2. The van der Waals surface area contributed by atoms with Crippen molar-refractivity contribution in [1.82, 2.24) is 4.90 Å². The van der Waals surface area contributed by atoms with Gasteiger partial charge in [0, 0.05) is 19.0 Å². The smallest absolute Gasteiger partial charge is 0.379 e. The van der Waals surface area contributed by atoms with E-state index in [0.717, 1.165) is 31.0 Å². The molecule has 0 bridgehead atoms. The molecule has 0 aromatic heterocycles. The van der Waals surface area contributed by atoms with Crippen molar-refractivity contribution in [2.24, 2.45) is 5.92 Å². The molecule has 1 atom stereocenters. The molecule has 1 fully saturated rings. The number of alkyl halides is 3. The lowest BCUT2D eigenvalue weighted by molar-refractivity contribution is -0.137. The molecule has 1 aliphatic rings. The Hall–Kier alpha value is -2.55. The van der Waals surface area contributed by atoms with Crippen molar-refractivity contribution in [2.45, 2.75) is 82.5 Å². The Morgan fingerprint density at radius 1 is 1.11 bits per heavy atom. The van der Waals surface area contributed by atoms with Crippen molar-refractivity contribution in [3.63, 3.8) is 0 Å². The van der Waals surface area contributed by atoms with Crippen LogP contribution in [0.15, 0.2) is 53.4 Å². The lowest BCUT2D eigenvalue weighted by atomic mass is 10.0. The third kappa shape index (κ3) is 7.46. The third-order valence-corrected chi connectivity index (χ3v) is 7.83. The SMILES string of the molecule is CCC(C)N(Cc1cccc(OS(=O)(=O)c2cccc(C(F)(F)F)c2)c1)C(=O)CCC1CCCC1. The number of halogens is 3. The van der Waals surface area contributed by atoms with Gasteiger partial charge < -0.3 is 9.08 Å². The maximum atomic E-state index is 13.0. The average molecular weight is 512 g/mol. The van der Waals surface area contributed by atoms with Gasteiger partial charge in [-0.1, -0.05) is 50.8 Å². The zero-order valence-corrected chi connectivity index (χ0v) is 20.9. The van der Waals surface area contributed by atoms with Crippen LogP contribution in [0.25, 0.3) is 0 Å². The van der Waals surface area contributed by atoms with Gasteiger partial charge in [0.05, 0.1) is 5.56 Å². The molecule has 9 heteroatoms. The first-order chi connectivity index (χ1) is 16.5. The lowest BCUT2D eigenvalue weighted by Gasteiger charge is -2.29. The molecule has 2 aromatic carbocycles. The third-order valence-electron chi connectivity index (χ3n) is 6.59. The van der Waals surface area contributed by atoms with E-state index in [1.807, 2.05) is 13.8 Å². The molecule has 1 unspecified atom stereocenters. The Labute approximate surface area is 205 Å². The molecule has 0 N–H and O–H groups in total. The maximum absolute atomic E-state index is 13.0. The molecule has 0 aliphatic heterocycles. The standard InChI is InChI=1S/C26H32F3NO4S/c1-3-19(2)30(25(31)15-14-20-8-4-5-9-20)18-21-10-6-12-23(16-21)34-35(32,33)24-13-7-11-22(17-24)26(27,28)29/h6-7,10-13,16-17,19-20H,3-5,8-9,14-15,18H2,1-2H3. The van der Waals surface area contributed by atoms with E-state index >= 15 is 0 Å². The van der Waals surface area contributed by atoms with Crippen molar-refractivity contribution in [3.05, 3.63) is 59.7 Å². The summed E-state index contributed by atoms with van der Waals surface area (Å²) in [5, 5.41) is 0. The van der Waals surface area contributed by atoms with Crippen molar-refractivity contribution in [3.8, 4) is 5.75 Å². The molecule has 1 amide bonds. The molecule has 0 spiro atoms. The fourth-order valence-corrected chi connectivity index (χ4v) is 5.35. The first-order valence-electron chi connectivity index (χ1n) is 12.0. The minimum absolute atomic E-state index is 0.00416. The summed E-state index contributed by atoms with van der Waals surface area (Å²) >= 11 is 0. The van der Waals surface area contributed by atoms with Crippen LogP contribution in [0.3, 0.4) is 0 Å². The van der Waals surface area contributed by atoms with Crippen LogP contribution in [0.5, 0.6) is 5.75 Å². The molecule has 0 saturated heterocycles. The average Bonchev–Trinajstić information content (AvgIpc) is 3.34. The zero-order valence-electron chi connectivity index (χ0n) is 20.1. The Balaban J connectivity index is 1.73. The van der Waals surface area contributed by atoms with E-state index in [-0.39, 0.29) is 17.7 Å². The van der Waals surface area contributed by atoms with E-state index in [4.69, 9.17) is 4.18 Å². The van der Waals surface area contributed by atoms with Crippen LogP contribution in [0, 0.1) is 5.92 Å². The van der Waals surface area contributed by atoms with E-state index in [0.29, 0.717) is 30.5 Å². The van der Waals surface area contributed by atoms with Gasteiger partial charge in [-0.15, -0.1) is 0 Å². The summed E-state index contributed by atoms with van der Waals surface area (Å²) in [6.07, 6.45) is 2.27. The second-order valence-corrected chi connectivity index (χ2v) is 10.7. The Morgan fingerprint density at radius 2 is 1.80 bits per heavy atom. The molecule has 1 saturated carbocycles. The Morgan fingerprint density at radius 3 is 2.46 bits per heavy atom. The number of rotatable bonds is 10. The molecule has 3 rings (SSSR count). The number of hydrogen-bond donors (Lipinski definition) is 0. The summed E-state index contributed by atoms with van der Waals surface area (Å²) in [6.45, 7) is 4.27. The van der Waals surface area contributed by atoms with E-state index in [1.54, 1.807) is 17.0 Å². The summed E-state index contributed by atoms with van der Waals surface area (Å²) in [6, 6.07) is 9.73. The molecule has 0 radical (unpaired) electrons. The van der Waals surface area contributed by atoms with Gasteiger partial charge in [-0.25, -0.2) is 0 Å². The quantitative estimate of drug-likeness (QED) is 0.339. The molecule has 0 heterocycles. The minimum atomic E-state index is -4.67. The highest BCUT2D eigenvalue weighted by Gasteiger charge is 2.32. The van der Waals surface area contributed by atoms with Crippen LogP contribution in [-0.2, 0) is 27.6 Å². The van der Waals surface area contributed by atoms with Crippen molar-refractivity contribution in [1.29, 1.82) is 0 Å². The highest BCUT2D eigenvalue weighted by molar-refractivity contribution is 7.87. The van der Waals surface area contributed by atoms with Crippen molar-refractivity contribution < 1.29 is 30.6 Å². The first-order valence-corrected chi connectivity index (χ1v) is 13.4. The molecule has 192 valence electrons. The minimum Gasteiger partial charge on any atom is -0.379 e. The summed E-state index contributed by atoms with van der Waals surface area (Å²) in [7, 11) is -4.48. The summed E-state index contributed by atoms with van der Waals surface area (Å²) < 4.78 is 69.4. The molecule has 2 aromatic rings. The molecular formula is C26H32F3NO4S. The largest absolute Gasteiger partial charge is 0.416 e. The number of carbonyl (C=O) groups excluding carboxylic acids is 1. The molecule has 5 nitrogen and oxygen atoms in total. The van der Waals surface area contributed by atoms with Gasteiger partial charge in [0.15, 0.2) is 0 Å². The normalized spacial score (nSPS) is 15.7. The van der Waals surface area contributed by atoms with E-state index in [9.17, 15) is 26.4 Å². The Bertz CT molecular complexity index is 1110. The monoisotopic (exact) mass is 511 g/mol. The zero-order chi connectivity index (χ0) is 25.6. The summed E-state index contributed by atoms with van der Waals surface area (Å²) in [5.41, 5.74) is -0.396. The second-order valence-electron chi connectivity index (χ2n) is 9.18. The lowest BCUT2D eigenvalue weighted by Crippen LogP contribution is -2.37. The van der Waals surface area contributed by atoms with Crippen LogP contribution < -0.4 is 4.18 Å². The van der Waals surface area contributed by atoms with Gasteiger partial charge in [-0.05, 0) is 61.6 Å². The second kappa shape index (κ2) is 11.5. The Kier molecular flexibility index (Phi) is 8.85. The van der Waals surface area contributed by atoms with E-state index in [1.165, 1.54) is 37.8 Å². The summed E-state index contributed by atoms with van der Waals surface area (Å²) in [4.78, 5) is 14.2. The predicted octanol–water partition coefficient (Wildman–Crippen LogP) is 6.57. The fourth-order valence-electron chi connectivity index (χ4n) is 4.38. The fraction of sp³-hybridized carbons (Fsp3) is 0.500. The topological polar surface area (TPSA) is 63.7 Å². The highest BCUT2D eigenvalue weighted by Crippen LogP contribution is 2.32. The molecular weight excluding hydrogens is 479 g/mol. The van der Waals surface area contributed by atoms with Gasteiger partial charge >= 0.3 is 16.3 Å². The predicted molar refractivity (Wildman–Crippen MR) is 127 cm³/mol. The molecule has 1 aliphatic carbocycles. The van der Waals surface area contributed by atoms with Gasteiger partial charge in [0.25, 0.3) is 0 Å². The number of amides is 1. The molecule has 35 heavy (non-hydrogen) atoms. The first kappa shape index (κ1) is 27.0. The van der Waals surface area contributed by atoms with Crippen LogP contribution in [0.2, 0.25) is 0 Å². The van der Waals surface area contributed by atoms with Gasteiger partial charge in [0.1, 0.15) is 10.6 Å². The number of nitrogens with zero attached hydrogens (tertiary/aromatic N) is 1. The van der Waals surface area contributed by atoms with Crippen molar-refractivity contribution >= 4 is 16.0 Å². The van der Waals surface area contributed by atoms with Crippen molar-refractivity contribution in [2.75, 3.05) is 0 Å². The van der Waals surface area contributed by atoms with E-state index in [2.05, 4.69) is 0 Å². The summed E-state index contributed by atoms with van der Waals surface area (Å²) in [5.74, 6) is 0.645. The van der Waals surface area contributed by atoms with Crippen LogP contribution in [0.1, 0.15) is 69.9 Å². The van der Waals surface area contributed by atoms with Gasteiger partial charge in [-0.3, -0.25) is 4.79 Å². The van der Waals surface area contributed by atoms with Crippen LogP contribution in [-0.4, -0.2) is 25.3 Å². The highest BCUT2D eigenvalue weighted by atomic mass is 32.2. The number of carbonyl (C=O) groups is 1. The maximum Gasteiger partial charge on any atom is 0.416 e. The van der Waals surface area contributed by atoms with E-state index < -0.39 is 26.8 Å². The number of hydrogen-bond acceptors (Lipinski definition) is 4. The van der Waals surface area contributed by atoms with Gasteiger partial charge in [-0.2, -0.15) is 21.6 Å². The van der Waals surface area contributed by atoms with Gasteiger partial charge in [0.2, 0.25) is 5.91 Å². The van der Waals surface area contributed by atoms with Crippen LogP contribution >= 0.6 is 0 Å².